The molecule has 2 aliphatic rings. The summed E-state index contributed by atoms with van der Waals surface area (Å²) < 4.78 is 47.9. The number of rotatable bonds is 6. The second kappa shape index (κ2) is 9.50. The molecule has 2 fully saturated rings. The minimum Gasteiger partial charge on any atom is -0.376 e. The van der Waals surface area contributed by atoms with E-state index in [0.29, 0.717) is 35.1 Å². The van der Waals surface area contributed by atoms with Crippen LogP contribution in [0.15, 0.2) is 47.4 Å². The molecule has 1 aromatic heterocycles. The molecule has 0 saturated carbocycles. The number of carbonyl (C=O) groups excluding carboxylic acids is 1. The number of benzene rings is 2. The highest BCUT2D eigenvalue weighted by Gasteiger charge is 2.42. The van der Waals surface area contributed by atoms with Gasteiger partial charge < -0.3 is 4.74 Å². The Morgan fingerprint density at radius 1 is 1.21 bits per heavy atom. The number of hydrogen-bond acceptors (Lipinski definition) is 6. The number of hydrogen-bond donors (Lipinski definition) is 0. The zero-order valence-electron chi connectivity index (χ0n) is 18.2. The molecule has 0 N–H and O–H groups in total. The van der Waals surface area contributed by atoms with Crippen molar-refractivity contribution in [3.63, 3.8) is 0 Å². The number of aromatic nitrogens is 1. The number of para-hydroxylation sites is 1. The van der Waals surface area contributed by atoms with Gasteiger partial charge in [0.15, 0.2) is 5.13 Å². The van der Waals surface area contributed by atoms with Crippen molar-refractivity contribution in [2.24, 2.45) is 0 Å². The Balaban J connectivity index is 1.49. The van der Waals surface area contributed by atoms with Gasteiger partial charge in [-0.05, 0) is 62.1 Å². The molecule has 7 nitrogen and oxygen atoms in total. The minimum atomic E-state index is -3.97. The third kappa shape index (κ3) is 4.45. The lowest BCUT2D eigenvalue weighted by atomic mass is 10.2. The van der Waals surface area contributed by atoms with E-state index in [1.54, 1.807) is 11.0 Å². The number of fused-ring (bicyclic) bond motifs is 1. The normalized spacial score (nSPS) is 21.4. The molecular weight excluding hydrogens is 501 g/mol. The molecular formula is C23H23ClFN3O4S2. The summed E-state index contributed by atoms with van der Waals surface area (Å²) in [6.07, 6.45) is 2.53. The maximum atomic E-state index is 13.9. The van der Waals surface area contributed by atoms with E-state index in [1.807, 2.05) is 12.1 Å². The van der Waals surface area contributed by atoms with Crippen molar-refractivity contribution in [1.82, 2.24) is 9.29 Å². The van der Waals surface area contributed by atoms with Crippen molar-refractivity contribution in [2.75, 3.05) is 24.6 Å². The largest absolute Gasteiger partial charge is 0.376 e. The van der Waals surface area contributed by atoms with Crippen LogP contribution in [0.5, 0.6) is 0 Å². The summed E-state index contributed by atoms with van der Waals surface area (Å²) in [4.78, 5) is 20.0. The minimum absolute atomic E-state index is 0.0361. The van der Waals surface area contributed by atoms with E-state index >= 15 is 0 Å². The van der Waals surface area contributed by atoms with E-state index in [9.17, 15) is 17.6 Å². The molecule has 11 heteroatoms. The summed E-state index contributed by atoms with van der Waals surface area (Å²) in [5.41, 5.74) is 0.608. The average molecular weight is 524 g/mol. The van der Waals surface area contributed by atoms with E-state index in [1.165, 1.54) is 27.8 Å². The van der Waals surface area contributed by atoms with Crippen LogP contribution in [0.25, 0.3) is 10.2 Å². The number of halogens is 2. The van der Waals surface area contributed by atoms with E-state index < -0.39 is 21.9 Å². The Morgan fingerprint density at radius 2 is 2.00 bits per heavy atom. The fraction of sp³-hybridized carbons (Fsp3) is 0.391. The highest BCUT2D eigenvalue weighted by atomic mass is 35.5. The summed E-state index contributed by atoms with van der Waals surface area (Å²) in [5, 5.41) is 0.959. The molecule has 34 heavy (non-hydrogen) atoms. The van der Waals surface area contributed by atoms with Crippen molar-refractivity contribution in [1.29, 1.82) is 0 Å². The van der Waals surface area contributed by atoms with Gasteiger partial charge in [-0.15, -0.1) is 0 Å². The van der Waals surface area contributed by atoms with Gasteiger partial charge >= 0.3 is 0 Å². The van der Waals surface area contributed by atoms with Crippen molar-refractivity contribution >= 4 is 54.2 Å². The van der Waals surface area contributed by atoms with Crippen LogP contribution in [0.4, 0.5) is 9.52 Å². The maximum Gasteiger partial charge on any atom is 0.247 e. The molecule has 2 unspecified atom stereocenters. The number of ether oxygens (including phenoxy) is 1. The first-order valence-electron chi connectivity index (χ1n) is 11.1. The molecule has 0 aliphatic carbocycles. The van der Waals surface area contributed by atoms with Gasteiger partial charge in [0.1, 0.15) is 17.4 Å². The SMILES string of the molecule is O=C(C1CCCN1S(=O)(=O)c1ccc(F)cc1)N(CC1CCCO1)c1nc2c(Cl)cccc2s1. The van der Waals surface area contributed by atoms with Crippen molar-refractivity contribution in [3.8, 4) is 0 Å². The van der Waals surface area contributed by atoms with Gasteiger partial charge in [-0.3, -0.25) is 9.69 Å². The molecule has 0 bridgehead atoms. The summed E-state index contributed by atoms with van der Waals surface area (Å²) in [6.45, 7) is 1.14. The van der Waals surface area contributed by atoms with Crippen LogP contribution in [-0.2, 0) is 19.6 Å². The van der Waals surface area contributed by atoms with Crippen molar-refractivity contribution in [3.05, 3.63) is 53.3 Å². The van der Waals surface area contributed by atoms with Crippen LogP contribution in [0.1, 0.15) is 25.7 Å². The van der Waals surface area contributed by atoms with Crippen molar-refractivity contribution in [2.45, 2.75) is 42.7 Å². The maximum absolute atomic E-state index is 13.9. The molecule has 3 heterocycles. The predicted molar refractivity (Wildman–Crippen MR) is 129 cm³/mol. The first-order valence-corrected chi connectivity index (χ1v) is 13.7. The summed E-state index contributed by atoms with van der Waals surface area (Å²) >= 11 is 7.66. The van der Waals surface area contributed by atoms with Crippen molar-refractivity contribution < 1.29 is 22.3 Å². The Kier molecular flexibility index (Phi) is 6.60. The highest BCUT2D eigenvalue weighted by Crippen LogP contribution is 2.35. The van der Waals surface area contributed by atoms with Crippen LogP contribution in [-0.4, -0.2) is 55.5 Å². The lowest BCUT2D eigenvalue weighted by Gasteiger charge is -2.29. The molecule has 2 aliphatic heterocycles. The number of thiazole rings is 1. The summed E-state index contributed by atoms with van der Waals surface area (Å²) in [5.74, 6) is -0.862. The van der Waals surface area contributed by atoms with Gasteiger partial charge in [0.25, 0.3) is 0 Å². The number of anilines is 1. The monoisotopic (exact) mass is 523 g/mol. The van der Waals surface area contributed by atoms with Crippen LogP contribution in [0, 0.1) is 5.82 Å². The molecule has 1 amide bonds. The molecule has 5 rings (SSSR count). The van der Waals surface area contributed by atoms with Crippen LogP contribution >= 0.6 is 22.9 Å². The fourth-order valence-electron chi connectivity index (χ4n) is 4.47. The molecule has 2 aromatic carbocycles. The molecule has 0 spiro atoms. The third-order valence-electron chi connectivity index (χ3n) is 6.17. The van der Waals surface area contributed by atoms with E-state index in [0.717, 1.165) is 29.7 Å². The van der Waals surface area contributed by atoms with Gasteiger partial charge in [0, 0.05) is 13.2 Å². The first-order chi connectivity index (χ1) is 16.3. The summed E-state index contributed by atoms with van der Waals surface area (Å²) in [6, 6.07) is 9.24. The lowest BCUT2D eigenvalue weighted by molar-refractivity contribution is -0.122. The zero-order chi connectivity index (χ0) is 23.9. The third-order valence-corrected chi connectivity index (χ3v) is 9.45. The van der Waals surface area contributed by atoms with E-state index in [-0.39, 0.29) is 30.0 Å². The average Bonchev–Trinajstić information content (AvgIpc) is 3.58. The molecule has 2 saturated heterocycles. The van der Waals surface area contributed by atoms with Gasteiger partial charge in [-0.2, -0.15) is 4.31 Å². The fourth-order valence-corrected chi connectivity index (χ4v) is 7.40. The van der Waals surface area contributed by atoms with E-state index in [2.05, 4.69) is 4.98 Å². The van der Waals surface area contributed by atoms with E-state index in [4.69, 9.17) is 16.3 Å². The zero-order valence-corrected chi connectivity index (χ0v) is 20.6. The van der Waals surface area contributed by atoms with Crippen LogP contribution in [0.3, 0.4) is 0 Å². The van der Waals surface area contributed by atoms with Gasteiger partial charge in [-0.25, -0.2) is 17.8 Å². The number of sulfonamides is 1. The molecule has 3 aromatic rings. The lowest BCUT2D eigenvalue weighted by Crippen LogP contribution is -2.49. The number of carbonyl (C=O) groups is 1. The molecule has 0 radical (unpaired) electrons. The molecule has 2 atom stereocenters. The standard InChI is InChI=1S/C23H23ClFN3O4S2/c24-18-5-1-7-20-21(18)26-23(33-20)27(14-16-4-3-13-32-16)22(29)19-6-2-12-28(19)34(30,31)17-10-8-15(25)9-11-17/h1,5,7-11,16,19H,2-4,6,12-14H2. The van der Waals surface area contributed by atoms with Crippen LogP contribution < -0.4 is 4.90 Å². The Bertz CT molecular complexity index is 1310. The first kappa shape index (κ1) is 23.6. The Labute approximate surface area is 206 Å². The van der Waals surface area contributed by atoms with Gasteiger partial charge in [-0.1, -0.05) is 29.0 Å². The van der Waals surface area contributed by atoms with Gasteiger partial charge in [0.05, 0.1) is 27.3 Å². The Hall–Kier alpha value is -2.11. The predicted octanol–water partition coefficient (Wildman–Crippen LogP) is 4.45. The summed E-state index contributed by atoms with van der Waals surface area (Å²) in [7, 11) is -3.97. The smallest absolute Gasteiger partial charge is 0.247 e. The topological polar surface area (TPSA) is 79.8 Å². The second-order valence-electron chi connectivity index (χ2n) is 8.39. The highest BCUT2D eigenvalue weighted by molar-refractivity contribution is 7.89. The van der Waals surface area contributed by atoms with Gasteiger partial charge in [0.2, 0.25) is 15.9 Å². The quantitative estimate of drug-likeness (QED) is 0.477. The Morgan fingerprint density at radius 3 is 2.71 bits per heavy atom. The second-order valence-corrected chi connectivity index (χ2v) is 11.7. The molecule has 180 valence electrons. The van der Waals surface area contributed by atoms with Crippen LogP contribution in [0.2, 0.25) is 5.02 Å². The number of amides is 1. The number of nitrogens with zero attached hydrogens (tertiary/aromatic N) is 3.